The lowest BCUT2D eigenvalue weighted by Gasteiger charge is -2.16. The molecule has 0 aliphatic heterocycles. The second-order valence-corrected chi connectivity index (χ2v) is 6.83. The molecule has 0 unspecified atom stereocenters. The summed E-state index contributed by atoms with van der Waals surface area (Å²) in [5, 5.41) is 0. The van der Waals surface area contributed by atoms with Gasteiger partial charge in [-0.15, -0.1) is 0 Å². The van der Waals surface area contributed by atoms with Gasteiger partial charge in [-0.3, -0.25) is 4.79 Å². The monoisotopic (exact) mass is 299 g/mol. The lowest BCUT2D eigenvalue weighted by molar-refractivity contribution is -0.143. The molecule has 0 atom stereocenters. The Morgan fingerprint density at radius 3 is 2.25 bits per heavy atom. The average molecular weight is 299 g/mol. The number of carbonyl (C=O) groups excluding carboxylic acids is 1. The van der Waals surface area contributed by atoms with Crippen LogP contribution in [0.1, 0.15) is 32.3 Å². The molecule has 1 aromatic carbocycles. The van der Waals surface area contributed by atoms with Gasteiger partial charge < -0.3 is 4.74 Å². The predicted molar refractivity (Wildman–Crippen MR) is 77.0 cm³/mol. The summed E-state index contributed by atoms with van der Waals surface area (Å²) in [4.78, 5) is 11.5. The third-order valence-electron chi connectivity index (χ3n) is 2.91. The molecule has 1 aromatic rings. The van der Waals surface area contributed by atoms with Gasteiger partial charge in [0.2, 0.25) is 10.0 Å². The van der Waals surface area contributed by atoms with Crippen molar-refractivity contribution in [1.29, 1.82) is 0 Å². The smallest absolute Gasteiger partial charge is 0.321 e. The fraction of sp³-hybridized carbons (Fsp3) is 0.500. The van der Waals surface area contributed by atoms with Crippen LogP contribution in [-0.4, -0.2) is 38.9 Å². The number of esters is 1. The molecule has 1 rings (SSSR count). The molecule has 0 heterocycles. The number of nitrogens with zero attached hydrogens (tertiary/aromatic N) is 1. The summed E-state index contributed by atoms with van der Waals surface area (Å²) in [5.41, 5.74) is 1.07. The summed E-state index contributed by atoms with van der Waals surface area (Å²) < 4.78 is 30.3. The van der Waals surface area contributed by atoms with E-state index in [1.807, 2.05) is 13.8 Å². The van der Waals surface area contributed by atoms with Crippen LogP contribution in [0.4, 0.5) is 0 Å². The molecule has 0 spiro atoms. The summed E-state index contributed by atoms with van der Waals surface area (Å²) in [6, 6.07) is 6.70. The molecule has 0 bridgehead atoms. The van der Waals surface area contributed by atoms with Crippen LogP contribution in [0, 0.1) is 0 Å². The number of ether oxygens (including phenoxy) is 1. The van der Waals surface area contributed by atoms with Crippen LogP contribution >= 0.6 is 0 Å². The molecule has 5 nitrogen and oxygen atoms in total. The number of hydrogen-bond donors (Lipinski definition) is 0. The quantitative estimate of drug-likeness (QED) is 0.754. The molecule has 0 N–H and O–H groups in total. The SMILES string of the molecule is CCOC(=O)CN(C)S(=O)(=O)c1ccc(C(C)C)cc1. The van der Waals surface area contributed by atoms with Crippen LogP contribution in [0.15, 0.2) is 29.2 Å². The molecule has 0 radical (unpaired) electrons. The zero-order chi connectivity index (χ0) is 15.3. The number of carbonyl (C=O) groups is 1. The minimum atomic E-state index is -3.66. The fourth-order valence-electron chi connectivity index (χ4n) is 1.68. The number of hydrogen-bond acceptors (Lipinski definition) is 4. The third-order valence-corrected chi connectivity index (χ3v) is 4.73. The van der Waals surface area contributed by atoms with Gasteiger partial charge in [0.1, 0.15) is 6.54 Å². The van der Waals surface area contributed by atoms with Crippen LogP contribution in [0.2, 0.25) is 0 Å². The number of likely N-dealkylation sites (N-methyl/N-ethyl adjacent to an activating group) is 1. The van der Waals surface area contributed by atoms with E-state index in [4.69, 9.17) is 4.74 Å². The van der Waals surface area contributed by atoms with Crippen molar-refractivity contribution in [3.8, 4) is 0 Å². The van der Waals surface area contributed by atoms with Crippen LogP contribution in [0.3, 0.4) is 0 Å². The first kappa shape index (κ1) is 16.7. The second kappa shape index (κ2) is 6.85. The molecule has 0 saturated carbocycles. The van der Waals surface area contributed by atoms with Gasteiger partial charge in [-0.25, -0.2) is 8.42 Å². The topological polar surface area (TPSA) is 63.7 Å². The van der Waals surface area contributed by atoms with Gasteiger partial charge in [-0.05, 0) is 30.5 Å². The maximum absolute atomic E-state index is 12.3. The molecule has 0 aliphatic carbocycles. The Kier molecular flexibility index (Phi) is 5.71. The number of rotatable bonds is 6. The Morgan fingerprint density at radius 2 is 1.80 bits per heavy atom. The van der Waals surface area contributed by atoms with Crippen LogP contribution in [-0.2, 0) is 19.6 Å². The van der Waals surface area contributed by atoms with Crippen molar-refractivity contribution in [1.82, 2.24) is 4.31 Å². The Hall–Kier alpha value is -1.40. The van der Waals surface area contributed by atoms with Gasteiger partial charge in [0, 0.05) is 7.05 Å². The highest BCUT2D eigenvalue weighted by Crippen LogP contribution is 2.19. The van der Waals surface area contributed by atoms with Crippen molar-refractivity contribution in [2.45, 2.75) is 31.6 Å². The standard InChI is InChI=1S/C14H21NO4S/c1-5-19-14(16)10-15(4)20(17,18)13-8-6-12(7-9-13)11(2)3/h6-9,11H,5,10H2,1-4H3. The molecule has 0 amide bonds. The highest BCUT2D eigenvalue weighted by molar-refractivity contribution is 7.89. The van der Waals surface area contributed by atoms with E-state index >= 15 is 0 Å². The van der Waals surface area contributed by atoms with Gasteiger partial charge >= 0.3 is 5.97 Å². The minimum absolute atomic E-state index is 0.175. The average Bonchev–Trinajstić information content (AvgIpc) is 2.38. The molecule has 6 heteroatoms. The Bertz CT molecular complexity index is 549. The number of benzene rings is 1. The predicted octanol–water partition coefficient (Wildman–Crippen LogP) is 1.99. The second-order valence-electron chi connectivity index (χ2n) is 4.79. The van der Waals surface area contributed by atoms with Gasteiger partial charge in [-0.2, -0.15) is 4.31 Å². The van der Waals surface area contributed by atoms with E-state index in [0.717, 1.165) is 9.87 Å². The third kappa shape index (κ3) is 4.05. The number of sulfonamides is 1. The van der Waals surface area contributed by atoms with Gasteiger partial charge in [0.05, 0.1) is 11.5 Å². The highest BCUT2D eigenvalue weighted by atomic mass is 32.2. The molecule has 0 saturated heterocycles. The van der Waals surface area contributed by atoms with Crippen molar-refractivity contribution >= 4 is 16.0 Å². The van der Waals surface area contributed by atoms with Crippen molar-refractivity contribution < 1.29 is 17.9 Å². The molecular weight excluding hydrogens is 278 g/mol. The molecular formula is C14H21NO4S. The Morgan fingerprint density at radius 1 is 1.25 bits per heavy atom. The van der Waals surface area contributed by atoms with E-state index in [1.54, 1.807) is 31.2 Å². The zero-order valence-electron chi connectivity index (χ0n) is 12.3. The van der Waals surface area contributed by atoms with E-state index in [1.165, 1.54) is 7.05 Å². The maximum atomic E-state index is 12.3. The highest BCUT2D eigenvalue weighted by Gasteiger charge is 2.23. The van der Waals surface area contributed by atoms with Crippen molar-refractivity contribution in [3.63, 3.8) is 0 Å². The lowest BCUT2D eigenvalue weighted by Crippen LogP contribution is -2.33. The maximum Gasteiger partial charge on any atom is 0.321 e. The summed E-state index contributed by atoms with van der Waals surface area (Å²) >= 11 is 0. The largest absolute Gasteiger partial charge is 0.465 e. The van der Waals surface area contributed by atoms with Gasteiger partial charge in [-0.1, -0.05) is 26.0 Å². The van der Waals surface area contributed by atoms with Crippen LogP contribution in [0.25, 0.3) is 0 Å². The molecule has 0 aromatic heterocycles. The normalized spacial score (nSPS) is 11.9. The van der Waals surface area contributed by atoms with Crippen molar-refractivity contribution in [3.05, 3.63) is 29.8 Å². The van der Waals surface area contributed by atoms with Gasteiger partial charge in [0.25, 0.3) is 0 Å². The van der Waals surface area contributed by atoms with Crippen molar-refractivity contribution in [2.24, 2.45) is 0 Å². The summed E-state index contributed by atoms with van der Waals surface area (Å²) in [6.07, 6.45) is 0. The minimum Gasteiger partial charge on any atom is -0.465 e. The fourth-order valence-corrected chi connectivity index (χ4v) is 2.79. The Balaban J connectivity index is 2.89. The molecule has 0 fully saturated rings. The van der Waals surface area contributed by atoms with Crippen LogP contribution in [0.5, 0.6) is 0 Å². The van der Waals surface area contributed by atoms with Crippen LogP contribution < -0.4 is 0 Å². The first-order valence-corrected chi connectivity index (χ1v) is 7.95. The summed E-state index contributed by atoms with van der Waals surface area (Å²) in [7, 11) is -2.30. The first-order valence-electron chi connectivity index (χ1n) is 6.51. The van der Waals surface area contributed by atoms with E-state index in [-0.39, 0.29) is 18.0 Å². The molecule has 0 aliphatic rings. The van der Waals surface area contributed by atoms with E-state index in [9.17, 15) is 13.2 Å². The van der Waals surface area contributed by atoms with Gasteiger partial charge in [0.15, 0.2) is 0 Å². The molecule has 20 heavy (non-hydrogen) atoms. The zero-order valence-corrected chi connectivity index (χ0v) is 13.1. The van der Waals surface area contributed by atoms with E-state index < -0.39 is 16.0 Å². The van der Waals surface area contributed by atoms with E-state index in [0.29, 0.717) is 5.92 Å². The molecule has 112 valence electrons. The Labute approximate surface area is 120 Å². The van der Waals surface area contributed by atoms with Crippen molar-refractivity contribution in [2.75, 3.05) is 20.2 Å². The summed E-state index contributed by atoms with van der Waals surface area (Å²) in [5.74, 6) is -0.221. The first-order chi connectivity index (χ1) is 9.28. The lowest BCUT2D eigenvalue weighted by atomic mass is 10.0. The summed E-state index contributed by atoms with van der Waals surface area (Å²) in [6.45, 7) is 5.70. The van der Waals surface area contributed by atoms with E-state index in [2.05, 4.69) is 0 Å².